The summed E-state index contributed by atoms with van der Waals surface area (Å²) in [5, 5.41) is 0. The minimum atomic E-state index is -0.0947. The largest absolute Gasteiger partial charge is 0.303 e. The monoisotopic (exact) mass is 161 g/mol. The van der Waals surface area contributed by atoms with E-state index >= 15 is 0 Å². The highest BCUT2D eigenvalue weighted by atomic mass is 16.1. The smallest absolute Gasteiger partial charge is 0.167 e. The van der Waals surface area contributed by atoms with E-state index in [9.17, 15) is 9.59 Å². The second-order valence-electron chi connectivity index (χ2n) is 2.34. The minimum absolute atomic E-state index is 0.0947. The highest BCUT2D eigenvalue weighted by Crippen LogP contribution is 2.02. The lowest BCUT2D eigenvalue weighted by Crippen LogP contribution is -1.99. The number of Topliss-reactive ketones (excluding diaryl/α,β-unsaturated/α-hetero) is 1. The van der Waals surface area contributed by atoms with Gasteiger partial charge in [-0.1, -0.05) is 30.3 Å². The van der Waals surface area contributed by atoms with Crippen LogP contribution in [0.2, 0.25) is 0 Å². The quantitative estimate of drug-likeness (QED) is 0.497. The molecule has 0 aliphatic rings. The molecule has 1 aromatic carbocycles. The lowest BCUT2D eigenvalue weighted by Gasteiger charge is -1.95. The standard InChI is InChI=1S/C10H9O2/c11-8-4-7-10(12)9-5-2-1-3-6-9/h1-3,5-8H,4H2. The number of benzene rings is 1. The average Bonchev–Trinajstić information content (AvgIpc) is 2.15. The molecule has 0 heterocycles. The first-order chi connectivity index (χ1) is 5.84. The molecular weight excluding hydrogens is 152 g/mol. The van der Waals surface area contributed by atoms with Crippen molar-refractivity contribution in [3.63, 3.8) is 0 Å². The molecule has 0 saturated carbocycles. The Morgan fingerprint density at radius 1 is 1.25 bits per heavy atom. The molecule has 1 rings (SSSR count). The SMILES string of the molecule is O=CC[CH]C(=O)c1ccccc1. The van der Waals surface area contributed by atoms with E-state index in [4.69, 9.17) is 0 Å². The maximum atomic E-state index is 11.2. The molecule has 0 bridgehead atoms. The Labute approximate surface area is 71.2 Å². The second-order valence-corrected chi connectivity index (χ2v) is 2.34. The minimum Gasteiger partial charge on any atom is -0.303 e. The summed E-state index contributed by atoms with van der Waals surface area (Å²) in [7, 11) is 0. The molecule has 0 N–H and O–H groups in total. The van der Waals surface area contributed by atoms with Crippen LogP contribution in [-0.4, -0.2) is 12.1 Å². The number of ketones is 1. The molecule has 61 valence electrons. The van der Waals surface area contributed by atoms with Gasteiger partial charge in [0.1, 0.15) is 6.29 Å². The van der Waals surface area contributed by atoms with Gasteiger partial charge in [-0.2, -0.15) is 0 Å². The molecule has 1 aromatic rings. The van der Waals surface area contributed by atoms with Crippen LogP contribution in [0.4, 0.5) is 0 Å². The van der Waals surface area contributed by atoms with Crippen LogP contribution in [0.3, 0.4) is 0 Å². The van der Waals surface area contributed by atoms with Gasteiger partial charge in [-0.15, -0.1) is 0 Å². The molecular formula is C10H9O2. The summed E-state index contributed by atoms with van der Waals surface area (Å²) in [6.45, 7) is 0. The van der Waals surface area contributed by atoms with Crippen molar-refractivity contribution in [1.29, 1.82) is 0 Å². The van der Waals surface area contributed by atoms with Gasteiger partial charge in [-0.25, -0.2) is 0 Å². The highest BCUT2D eigenvalue weighted by Gasteiger charge is 2.03. The van der Waals surface area contributed by atoms with Crippen molar-refractivity contribution in [2.75, 3.05) is 0 Å². The third-order valence-electron chi connectivity index (χ3n) is 1.46. The van der Waals surface area contributed by atoms with Crippen molar-refractivity contribution in [2.45, 2.75) is 6.42 Å². The third-order valence-corrected chi connectivity index (χ3v) is 1.46. The Hall–Kier alpha value is -1.44. The highest BCUT2D eigenvalue weighted by molar-refractivity contribution is 6.03. The fourth-order valence-corrected chi connectivity index (χ4v) is 0.875. The van der Waals surface area contributed by atoms with E-state index in [0.717, 1.165) is 0 Å². The Balaban J connectivity index is 2.59. The zero-order valence-corrected chi connectivity index (χ0v) is 6.57. The molecule has 0 aromatic heterocycles. The number of hydrogen-bond acceptors (Lipinski definition) is 2. The van der Waals surface area contributed by atoms with Crippen LogP contribution in [0.5, 0.6) is 0 Å². The number of hydrogen-bond donors (Lipinski definition) is 0. The fraction of sp³-hybridized carbons (Fsp3) is 0.100. The van der Waals surface area contributed by atoms with Crippen LogP contribution in [0, 0.1) is 6.42 Å². The zero-order valence-electron chi connectivity index (χ0n) is 6.57. The lowest BCUT2D eigenvalue weighted by atomic mass is 10.1. The molecule has 0 aliphatic heterocycles. The van der Waals surface area contributed by atoms with Gasteiger partial charge in [0, 0.05) is 18.4 Å². The average molecular weight is 161 g/mol. The van der Waals surface area contributed by atoms with E-state index < -0.39 is 0 Å². The van der Waals surface area contributed by atoms with E-state index in [1.807, 2.05) is 6.07 Å². The van der Waals surface area contributed by atoms with Crippen molar-refractivity contribution in [3.05, 3.63) is 42.3 Å². The summed E-state index contributed by atoms with van der Waals surface area (Å²) in [5.41, 5.74) is 0.624. The summed E-state index contributed by atoms with van der Waals surface area (Å²) in [6.07, 6.45) is 2.27. The number of carbonyl (C=O) groups excluding carboxylic acids is 2. The Morgan fingerprint density at radius 3 is 2.50 bits per heavy atom. The predicted octanol–water partition coefficient (Wildman–Crippen LogP) is 1.66. The first kappa shape index (κ1) is 8.65. The first-order valence-corrected chi connectivity index (χ1v) is 3.71. The molecule has 2 heteroatoms. The maximum absolute atomic E-state index is 11.2. The topological polar surface area (TPSA) is 34.1 Å². The second kappa shape index (κ2) is 4.44. The number of carbonyl (C=O) groups is 2. The van der Waals surface area contributed by atoms with Crippen molar-refractivity contribution in [3.8, 4) is 0 Å². The predicted molar refractivity (Wildman–Crippen MR) is 45.8 cm³/mol. The van der Waals surface area contributed by atoms with Gasteiger partial charge in [0.15, 0.2) is 5.78 Å². The summed E-state index contributed by atoms with van der Waals surface area (Å²) in [5.74, 6) is -0.0947. The van der Waals surface area contributed by atoms with E-state index in [0.29, 0.717) is 11.8 Å². The van der Waals surface area contributed by atoms with Crippen LogP contribution in [0.25, 0.3) is 0 Å². The normalized spacial score (nSPS) is 9.33. The maximum Gasteiger partial charge on any atom is 0.167 e. The lowest BCUT2D eigenvalue weighted by molar-refractivity contribution is -0.107. The van der Waals surface area contributed by atoms with Crippen LogP contribution in [0.15, 0.2) is 30.3 Å². The zero-order chi connectivity index (χ0) is 8.81. The van der Waals surface area contributed by atoms with Crippen molar-refractivity contribution in [1.82, 2.24) is 0 Å². The van der Waals surface area contributed by atoms with Crippen LogP contribution in [0.1, 0.15) is 16.8 Å². The fourth-order valence-electron chi connectivity index (χ4n) is 0.875. The molecule has 0 fully saturated rings. The number of rotatable bonds is 4. The van der Waals surface area contributed by atoms with Gasteiger partial charge in [0.2, 0.25) is 0 Å². The van der Waals surface area contributed by atoms with E-state index in [-0.39, 0.29) is 12.2 Å². The molecule has 0 unspecified atom stereocenters. The Bertz CT molecular complexity index is 264. The molecule has 12 heavy (non-hydrogen) atoms. The summed E-state index contributed by atoms with van der Waals surface area (Å²) >= 11 is 0. The van der Waals surface area contributed by atoms with Gasteiger partial charge in [-0.05, 0) is 0 Å². The molecule has 2 nitrogen and oxygen atoms in total. The Morgan fingerprint density at radius 2 is 1.92 bits per heavy atom. The molecule has 0 atom stereocenters. The number of aldehydes is 1. The van der Waals surface area contributed by atoms with Crippen LogP contribution < -0.4 is 0 Å². The van der Waals surface area contributed by atoms with Gasteiger partial charge in [0.05, 0.1) is 0 Å². The van der Waals surface area contributed by atoms with Gasteiger partial charge in [0.25, 0.3) is 0 Å². The van der Waals surface area contributed by atoms with Crippen molar-refractivity contribution >= 4 is 12.1 Å². The molecule has 1 radical (unpaired) electrons. The summed E-state index contributed by atoms with van der Waals surface area (Å²) in [4.78, 5) is 21.1. The van der Waals surface area contributed by atoms with Crippen molar-refractivity contribution in [2.24, 2.45) is 0 Å². The van der Waals surface area contributed by atoms with Gasteiger partial charge in [-0.3, -0.25) is 4.79 Å². The van der Waals surface area contributed by atoms with E-state index in [2.05, 4.69) is 0 Å². The summed E-state index contributed by atoms with van der Waals surface area (Å²) in [6, 6.07) is 8.88. The molecule has 0 spiro atoms. The van der Waals surface area contributed by atoms with Crippen LogP contribution >= 0.6 is 0 Å². The Kier molecular flexibility index (Phi) is 3.20. The molecule has 0 aliphatic carbocycles. The molecule has 0 saturated heterocycles. The van der Waals surface area contributed by atoms with Crippen molar-refractivity contribution < 1.29 is 9.59 Å². The third kappa shape index (κ3) is 2.31. The van der Waals surface area contributed by atoms with Gasteiger partial charge < -0.3 is 4.79 Å². The van der Waals surface area contributed by atoms with E-state index in [1.54, 1.807) is 24.3 Å². The van der Waals surface area contributed by atoms with Gasteiger partial charge >= 0.3 is 0 Å². The summed E-state index contributed by atoms with van der Waals surface area (Å²) < 4.78 is 0. The van der Waals surface area contributed by atoms with Crippen LogP contribution in [-0.2, 0) is 4.79 Å². The van der Waals surface area contributed by atoms with E-state index in [1.165, 1.54) is 6.42 Å². The molecule has 0 amide bonds. The first-order valence-electron chi connectivity index (χ1n) is 3.71.